The zero-order valence-electron chi connectivity index (χ0n) is 37.9. The van der Waals surface area contributed by atoms with E-state index in [-0.39, 0.29) is 61.3 Å². The number of fused-ring (bicyclic) bond motifs is 1. The van der Waals surface area contributed by atoms with E-state index in [0.29, 0.717) is 62.4 Å². The van der Waals surface area contributed by atoms with Gasteiger partial charge in [0.15, 0.2) is 17.3 Å². The first kappa shape index (κ1) is 51.0. The molecule has 3 atom stereocenters. The van der Waals surface area contributed by atoms with Crippen LogP contribution in [0.3, 0.4) is 0 Å². The third-order valence-corrected chi connectivity index (χ3v) is 10.4. The number of hydrogen-bond acceptors (Lipinski definition) is 14. The molecule has 3 N–H and O–H groups in total. The summed E-state index contributed by atoms with van der Waals surface area (Å²) < 4.78 is 33.3. The maximum atomic E-state index is 13.7. The van der Waals surface area contributed by atoms with Crippen LogP contribution in [-0.4, -0.2) is 98.9 Å². The molecule has 18 heteroatoms. The smallest absolute Gasteiger partial charge is 0.363 e. The van der Waals surface area contributed by atoms with Gasteiger partial charge in [-0.1, -0.05) is 65.9 Å². The summed E-state index contributed by atoms with van der Waals surface area (Å²) in [4.78, 5) is 97.0. The molecule has 65 heavy (non-hydrogen) atoms. The van der Waals surface area contributed by atoms with E-state index >= 15 is 0 Å². The zero-order valence-corrected chi connectivity index (χ0v) is 37.9. The molecular formula is C47H62N4O14. The number of benzene rings is 2. The number of esters is 2. The topological polar surface area (TPSA) is 227 Å². The second kappa shape index (κ2) is 26.9. The van der Waals surface area contributed by atoms with Crippen molar-refractivity contribution in [1.82, 2.24) is 21.0 Å². The number of carbonyl (C=O) groups excluding carboxylic acids is 7. The normalized spacial score (nSPS) is 13.0. The summed E-state index contributed by atoms with van der Waals surface area (Å²) in [5.74, 6) is -3.60. The maximum Gasteiger partial charge on any atom is 0.363 e. The van der Waals surface area contributed by atoms with Crippen LogP contribution in [-0.2, 0) is 33.5 Å². The Morgan fingerprint density at radius 1 is 0.785 bits per heavy atom. The van der Waals surface area contributed by atoms with Crippen molar-refractivity contribution < 1.29 is 66.5 Å². The molecule has 1 aromatic heterocycles. The average molecular weight is 907 g/mol. The predicted molar refractivity (Wildman–Crippen MR) is 236 cm³/mol. The quantitative estimate of drug-likeness (QED) is 0.0239. The third kappa shape index (κ3) is 15.3. The van der Waals surface area contributed by atoms with Crippen molar-refractivity contribution in [2.75, 3.05) is 39.7 Å². The first-order valence-electron chi connectivity index (χ1n) is 22.4. The van der Waals surface area contributed by atoms with Gasteiger partial charge < -0.3 is 48.9 Å². The molecule has 4 rings (SSSR count). The Labute approximate surface area is 379 Å². The van der Waals surface area contributed by atoms with Gasteiger partial charge in [0.2, 0.25) is 12.3 Å². The van der Waals surface area contributed by atoms with Gasteiger partial charge in [0.25, 0.3) is 11.8 Å². The minimum Gasteiger partial charge on any atom is -0.493 e. The van der Waals surface area contributed by atoms with Gasteiger partial charge in [-0.3, -0.25) is 24.0 Å². The molecule has 0 saturated carbocycles. The van der Waals surface area contributed by atoms with Crippen LogP contribution in [0.15, 0.2) is 52.9 Å². The lowest BCUT2D eigenvalue weighted by Crippen LogP contribution is -2.49. The van der Waals surface area contributed by atoms with Gasteiger partial charge in [0.1, 0.15) is 30.8 Å². The van der Waals surface area contributed by atoms with Gasteiger partial charge in [-0.2, -0.15) is 5.06 Å². The van der Waals surface area contributed by atoms with Crippen LogP contribution in [0.1, 0.15) is 130 Å². The maximum absolute atomic E-state index is 13.7. The first-order valence-corrected chi connectivity index (χ1v) is 22.4. The Bertz CT molecular complexity index is 2070. The van der Waals surface area contributed by atoms with Crippen LogP contribution in [0.4, 0.5) is 0 Å². The summed E-state index contributed by atoms with van der Waals surface area (Å²) in [6.07, 6.45) is 5.85. The highest BCUT2D eigenvalue weighted by Crippen LogP contribution is 2.32. The molecule has 0 saturated heterocycles. The molecule has 354 valence electrons. The van der Waals surface area contributed by atoms with Crippen molar-refractivity contribution in [2.45, 2.75) is 111 Å². The van der Waals surface area contributed by atoms with Gasteiger partial charge in [0, 0.05) is 5.56 Å². The van der Waals surface area contributed by atoms with E-state index in [0.717, 1.165) is 30.7 Å². The van der Waals surface area contributed by atoms with Crippen molar-refractivity contribution in [3.63, 3.8) is 0 Å². The number of amides is 4. The van der Waals surface area contributed by atoms with Gasteiger partial charge >= 0.3 is 17.9 Å². The van der Waals surface area contributed by atoms with Crippen LogP contribution in [0, 0.1) is 5.92 Å². The van der Waals surface area contributed by atoms with Crippen molar-refractivity contribution in [1.29, 1.82) is 0 Å². The number of rotatable bonds is 28. The molecule has 2 aromatic carbocycles. The number of hydrogen-bond donors (Lipinski definition) is 3. The Morgan fingerprint density at radius 2 is 1.51 bits per heavy atom. The van der Waals surface area contributed by atoms with Crippen LogP contribution < -0.4 is 30.2 Å². The highest BCUT2D eigenvalue weighted by molar-refractivity contribution is 6.00. The van der Waals surface area contributed by atoms with E-state index in [2.05, 4.69) is 16.0 Å². The van der Waals surface area contributed by atoms with Gasteiger partial charge in [0.05, 0.1) is 56.0 Å². The van der Waals surface area contributed by atoms with Crippen molar-refractivity contribution in [3.8, 4) is 28.6 Å². The fourth-order valence-corrected chi connectivity index (χ4v) is 6.83. The molecule has 4 amide bonds. The number of nitrogens with one attached hydrogen (secondary N) is 3. The number of nitrogens with zero attached hydrogens (tertiary/aromatic N) is 1. The Balaban J connectivity index is 1.41. The highest BCUT2D eigenvalue weighted by Gasteiger charge is 2.34. The number of unbranched alkanes of at least 4 members (excludes halogenated alkanes) is 4. The summed E-state index contributed by atoms with van der Waals surface area (Å²) in [6.45, 7) is 10.3. The number of ether oxygens (including phenoxy) is 5. The number of carbonyl (C=O) groups is 7. The zero-order chi connectivity index (χ0) is 47.1. The summed E-state index contributed by atoms with van der Waals surface area (Å²) in [5.41, 5.74) is 0.670. The molecular weight excluding hydrogens is 845 g/mol. The van der Waals surface area contributed by atoms with Crippen LogP contribution in [0.25, 0.3) is 11.3 Å². The van der Waals surface area contributed by atoms with Crippen molar-refractivity contribution in [3.05, 3.63) is 65.4 Å². The fourth-order valence-electron chi connectivity index (χ4n) is 6.83. The fraction of sp³-hybridized carbons (Fsp3) is 0.511. The second-order valence-corrected chi connectivity index (χ2v) is 15.1. The highest BCUT2D eigenvalue weighted by atomic mass is 16.7. The number of hydroxylamine groups is 2. The van der Waals surface area contributed by atoms with E-state index in [1.165, 1.54) is 24.3 Å². The standard InChI is InChI=1S/C47H62N4O14/c1-6-11-14-15-33(36(9-4)51(30-52)65-46(57)32-17-19-38-41(27-32)61-25-24-60-38)43(54)48-29-49-45(56)39-21-20-37(64-39)31-16-18-34(40(26-31)59-10-5)44(55)50-35(47(58)63-23-13-8-3)28-42(53)62-22-12-7-2/h16-21,26-27,30,33,35-36H,6-15,22-25,28-29H2,1-5H3,(H,48,54)(H,49,56)(H,50,55)/t33-,35+,36-/m1/s1. The minimum atomic E-state index is -1.30. The molecule has 0 radical (unpaired) electrons. The van der Waals surface area contributed by atoms with Gasteiger partial charge in [-0.25, -0.2) is 9.59 Å². The predicted octanol–water partition coefficient (Wildman–Crippen LogP) is 6.30. The van der Waals surface area contributed by atoms with Crippen molar-refractivity contribution in [2.24, 2.45) is 5.92 Å². The lowest BCUT2D eigenvalue weighted by Gasteiger charge is -2.32. The minimum absolute atomic E-state index is 0.0756. The van der Waals surface area contributed by atoms with E-state index in [1.54, 1.807) is 38.1 Å². The molecule has 18 nitrogen and oxygen atoms in total. The lowest BCUT2D eigenvalue weighted by atomic mass is 9.90. The summed E-state index contributed by atoms with van der Waals surface area (Å²) in [5, 5.41) is 8.80. The lowest BCUT2D eigenvalue weighted by molar-refractivity contribution is -0.171. The Morgan fingerprint density at radius 3 is 2.20 bits per heavy atom. The summed E-state index contributed by atoms with van der Waals surface area (Å²) in [7, 11) is 0. The number of furan rings is 1. The molecule has 3 aromatic rings. The van der Waals surface area contributed by atoms with E-state index < -0.39 is 60.1 Å². The van der Waals surface area contributed by atoms with Gasteiger partial charge in [-0.15, -0.1) is 0 Å². The second-order valence-electron chi connectivity index (χ2n) is 15.1. The summed E-state index contributed by atoms with van der Waals surface area (Å²) in [6, 6.07) is 10.0. The van der Waals surface area contributed by atoms with Gasteiger partial charge in [-0.05, 0) is 75.1 Å². The molecule has 0 bridgehead atoms. The first-order chi connectivity index (χ1) is 31.5. The van der Waals surface area contributed by atoms with E-state index in [1.807, 2.05) is 20.8 Å². The van der Waals surface area contributed by atoms with Crippen LogP contribution >= 0.6 is 0 Å². The van der Waals surface area contributed by atoms with E-state index in [4.69, 9.17) is 32.9 Å². The van der Waals surface area contributed by atoms with E-state index in [9.17, 15) is 33.6 Å². The largest absolute Gasteiger partial charge is 0.493 e. The summed E-state index contributed by atoms with van der Waals surface area (Å²) >= 11 is 0. The molecule has 2 heterocycles. The van der Waals surface area contributed by atoms with Crippen LogP contribution in [0.2, 0.25) is 0 Å². The molecule has 1 aliphatic rings. The SMILES string of the molecule is CCCCC[C@@H](C(=O)NCNC(=O)c1ccc(-c2ccc(C(=O)N[C@@H](CC(=O)OCCCC)C(=O)OCCCC)c(OCC)c2)o1)[C@@H](CC)N(C=O)OC(=O)c1ccc2c(c1)OCCO2. The van der Waals surface area contributed by atoms with Crippen molar-refractivity contribution >= 4 is 42.0 Å². The Kier molecular flexibility index (Phi) is 21.1. The molecule has 0 spiro atoms. The van der Waals surface area contributed by atoms with Crippen LogP contribution in [0.5, 0.6) is 17.2 Å². The molecule has 0 aliphatic carbocycles. The molecule has 1 aliphatic heterocycles. The Hall–Kier alpha value is -6.59. The monoisotopic (exact) mass is 906 g/mol. The average Bonchev–Trinajstić information content (AvgIpc) is 3.81. The third-order valence-electron chi connectivity index (χ3n) is 10.4. The molecule has 0 unspecified atom stereocenters. The molecule has 0 fully saturated rings.